The number of nitrogens with one attached hydrogen (secondary N) is 2. The number of carbonyl (C=O) groups is 2. The van der Waals surface area contributed by atoms with Crippen LogP contribution in [0.3, 0.4) is 0 Å². The van der Waals surface area contributed by atoms with E-state index in [2.05, 4.69) is 17.2 Å². The molecule has 138 valence electrons. The van der Waals surface area contributed by atoms with E-state index in [0.717, 1.165) is 16.8 Å². The molecular formula is C23H24N2O2. The molecule has 2 N–H and O–H groups in total. The van der Waals surface area contributed by atoms with Crippen LogP contribution < -0.4 is 10.6 Å². The van der Waals surface area contributed by atoms with Gasteiger partial charge in [-0.05, 0) is 50.6 Å². The summed E-state index contributed by atoms with van der Waals surface area (Å²) in [4.78, 5) is 25.3. The smallest absolute Gasteiger partial charge is 0.257 e. The average molecular weight is 360 g/mol. The number of aryl methyl sites for hydroxylation is 2. The Balaban J connectivity index is 2.31. The maximum atomic E-state index is 12.8. The monoisotopic (exact) mass is 360 g/mol. The molecule has 2 aromatic carbocycles. The summed E-state index contributed by atoms with van der Waals surface area (Å²) in [5, 5.41) is 5.66. The molecule has 0 atom stereocenters. The summed E-state index contributed by atoms with van der Waals surface area (Å²) in [6.45, 7) is 9.43. The van der Waals surface area contributed by atoms with Gasteiger partial charge in [0, 0.05) is 11.3 Å². The Kier molecular flexibility index (Phi) is 6.89. The lowest BCUT2D eigenvalue weighted by molar-refractivity contribution is -0.112. The first-order valence-electron chi connectivity index (χ1n) is 8.70. The summed E-state index contributed by atoms with van der Waals surface area (Å²) in [6, 6.07) is 14.7. The van der Waals surface area contributed by atoms with Crippen molar-refractivity contribution in [2.75, 3.05) is 5.32 Å². The number of anilines is 1. The molecule has 0 heterocycles. The fourth-order valence-electron chi connectivity index (χ4n) is 2.48. The van der Waals surface area contributed by atoms with Gasteiger partial charge in [-0.1, -0.05) is 54.6 Å². The molecule has 0 aliphatic rings. The zero-order valence-electron chi connectivity index (χ0n) is 15.9. The molecule has 0 saturated carbocycles. The fourth-order valence-corrected chi connectivity index (χ4v) is 2.48. The number of para-hydroxylation sites is 1. The van der Waals surface area contributed by atoms with E-state index in [1.54, 1.807) is 24.3 Å². The van der Waals surface area contributed by atoms with Crippen LogP contribution in [0.25, 0.3) is 0 Å². The van der Waals surface area contributed by atoms with Gasteiger partial charge < -0.3 is 10.6 Å². The van der Waals surface area contributed by atoms with Crippen molar-refractivity contribution < 1.29 is 9.59 Å². The minimum Gasteiger partial charge on any atom is -0.322 e. The van der Waals surface area contributed by atoms with Gasteiger partial charge in [0.2, 0.25) is 0 Å². The van der Waals surface area contributed by atoms with Crippen molar-refractivity contribution in [1.82, 2.24) is 5.32 Å². The third-order valence-corrected chi connectivity index (χ3v) is 4.03. The highest BCUT2D eigenvalue weighted by atomic mass is 16.2. The molecule has 2 rings (SSSR count). The lowest BCUT2D eigenvalue weighted by Crippen LogP contribution is -2.26. The summed E-state index contributed by atoms with van der Waals surface area (Å²) in [6.07, 6.45) is 4.87. The molecule has 0 spiro atoms. The van der Waals surface area contributed by atoms with Crippen LogP contribution in [0.1, 0.15) is 28.4 Å². The predicted molar refractivity (Wildman–Crippen MR) is 110 cm³/mol. The van der Waals surface area contributed by atoms with Crippen LogP contribution in [0.5, 0.6) is 0 Å². The van der Waals surface area contributed by atoms with Gasteiger partial charge in [0.25, 0.3) is 11.8 Å². The Bertz CT molecular complexity index is 906. The number of benzene rings is 2. The molecule has 27 heavy (non-hydrogen) atoms. The van der Waals surface area contributed by atoms with Crippen LogP contribution in [0.15, 0.2) is 84.6 Å². The maximum Gasteiger partial charge on any atom is 0.257 e. The third-order valence-electron chi connectivity index (χ3n) is 4.03. The summed E-state index contributed by atoms with van der Waals surface area (Å²) in [5.74, 6) is -0.614. The zero-order chi connectivity index (χ0) is 19.8. The first kappa shape index (κ1) is 19.9. The van der Waals surface area contributed by atoms with Crippen LogP contribution in [0, 0.1) is 13.8 Å². The molecule has 0 fully saturated rings. The van der Waals surface area contributed by atoms with Crippen LogP contribution in [0.4, 0.5) is 5.69 Å². The summed E-state index contributed by atoms with van der Waals surface area (Å²) >= 11 is 0. The molecular weight excluding hydrogens is 336 g/mol. The molecule has 2 amide bonds. The van der Waals surface area contributed by atoms with E-state index in [9.17, 15) is 9.59 Å². The van der Waals surface area contributed by atoms with Crippen molar-refractivity contribution in [3.63, 3.8) is 0 Å². The summed E-state index contributed by atoms with van der Waals surface area (Å²) < 4.78 is 0. The largest absolute Gasteiger partial charge is 0.322 e. The third kappa shape index (κ3) is 5.28. The molecule has 0 unspecified atom stereocenters. The SMILES string of the molecule is C=C/C(NC(=O)c1ccc(C)cc1)=C(\C=C/C)C(=O)Nc1ccccc1C. The number of allylic oxidation sites excluding steroid dienone is 2. The number of hydrogen-bond donors (Lipinski definition) is 2. The van der Waals surface area contributed by atoms with Gasteiger partial charge in [-0.25, -0.2) is 0 Å². The second-order valence-corrected chi connectivity index (χ2v) is 6.12. The molecule has 0 bridgehead atoms. The number of carbonyl (C=O) groups excluding carboxylic acids is 2. The minimum absolute atomic E-state index is 0.296. The molecule has 0 saturated heterocycles. The van der Waals surface area contributed by atoms with Gasteiger partial charge in [-0.2, -0.15) is 0 Å². The normalized spacial score (nSPS) is 11.7. The lowest BCUT2D eigenvalue weighted by Gasteiger charge is -2.13. The van der Waals surface area contributed by atoms with Crippen LogP contribution in [-0.2, 0) is 4.79 Å². The van der Waals surface area contributed by atoms with Gasteiger partial charge in [0.1, 0.15) is 0 Å². The average Bonchev–Trinajstić information content (AvgIpc) is 2.66. The zero-order valence-corrected chi connectivity index (χ0v) is 15.9. The topological polar surface area (TPSA) is 58.2 Å². The quantitative estimate of drug-likeness (QED) is 0.580. The van der Waals surface area contributed by atoms with Crippen molar-refractivity contribution in [2.24, 2.45) is 0 Å². The van der Waals surface area contributed by atoms with Crippen molar-refractivity contribution >= 4 is 17.5 Å². The van der Waals surface area contributed by atoms with Gasteiger partial charge in [0.15, 0.2) is 0 Å². The maximum absolute atomic E-state index is 12.8. The van der Waals surface area contributed by atoms with Gasteiger partial charge >= 0.3 is 0 Å². The second kappa shape index (κ2) is 9.34. The molecule has 0 aliphatic carbocycles. The standard InChI is InChI=1S/C23H24N2O2/c1-5-9-19(23(27)25-21-11-8-7-10-17(21)4)20(6-2)24-22(26)18-14-12-16(3)13-15-18/h5-15H,2H2,1,3-4H3,(H,24,26)(H,25,27)/b9-5-,20-19-. The number of hydrogen-bond acceptors (Lipinski definition) is 2. The van der Waals surface area contributed by atoms with Crippen molar-refractivity contribution in [1.29, 1.82) is 0 Å². The Morgan fingerprint density at radius 1 is 1.00 bits per heavy atom. The van der Waals surface area contributed by atoms with Crippen molar-refractivity contribution in [2.45, 2.75) is 20.8 Å². The van der Waals surface area contributed by atoms with E-state index in [-0.39, 0.29) is 11.8 Å². The Morgan fingerprint density at radius 3 is 2.26 bits per heavy atom. The molecule has 0 aliphatic heterocycles. The van der Waals surface area contributed by atoms with E-state index in [0.29, 0.717) is 16.8 Å². The van der Waals surface area contributed by atoms with Crippen molar-refractivity contribution in [3.05, 3.63) is 101 Å². The second-order valence-electron chi connectivity index (χ2n) is 6.12. The highest BCUT2D eigenvalue weighted by Crippen LogP contribution is 2.16. The minimum atomic E-state index is -0.318. The van der Waals surface area contributed by atoms with Crippen LogP contribution in [0.2, 0.25) is 0 Å². The van der Waals surface area contributed by atoms with Crippen molar-refractivity contribution in [3.8, 4) is 0 Å². The highest BCUT2D eigenvalue weighted by Gasteiger charge is 2.15. The highest BCUT2D eigenvalue weighted by molar-refractivity contribution is 6.07. The number of amides is 2. The lowest BCUT2D eigenvalue weighted by atomic mass is 10.1. The van der Waals surface area contributed by atoms with E-state index < -0.39 is 0 Å². The summed E-state index contributed by atoms with van der Waals surface area (Å²) in [5.41, 5.74) is 3.94. The molecule has 0 radical (unpaired) electrons. The first-order valence-corrected chi connectivity index (χ1v) is 8.70. The first-order chi connectivity index (χ1) is 13.0. The van der Waals surface area contributed by atoms with E-state index in [4.69, 9.17) is 0 Å². The van der Waals surface area contributed by atoms with Gasteiger partial charge in [-0.3, -0.25) is 9.59 Å². The van der Waals surface area contributed by atoms with Gasteiger partial charge in [0.05, 0.1) is 11.3 Å². The fraction of sp³-hybridized carbons (Fsp3) is 0.130. The molecule has 0 aromatic heterocycles. The van der Waals surface area contributed by atoms with Crippen LogP contribution in [-0.4, -0.2) is 11.8 Å². The molecule has 4 nitrogen and oxygen atoms in total. The van der Waals surface area contributed by atoms with E-state index in [1.165, 1.54) is 6.08 Å². The summed E-state index contributed by atoms with van der Waals surface area (Å²) in [7, 11) is 0. The van der Waals surface area contributed by atoms with E-state index >= 15 is 0 Å². The predicted octanol–water partition coefficient (Wildman–Crippen LogP) is 4.69. The molecule has 2 aromatic rings. The Hall–Kier alpha value is -3.40. The Morgan fingerprint density at radius 2 is 1.67 bits per heavy atom. The Labute approximate surface area is 160 Å². The van der Waals surface area contributed by atoms with E-state index in [1.807, 2.05) is 57.2 Å². The van der Waals surface area contributed by atoms with Gasteiger partial charge in [-0.15, -0.1) is 0 Å². The number of rotatable bonds is 6. The molecule has 4 heteroatoms. The van der Waals surface area contributed by atoms with Crippen LogP contribution >= 0.6 is 0 Å².